The number of carbonyl (C=O) groups excluding carboxylic acids is 2. The Morgan fingerprint density at radius 3 is 2.65 bits per heavy atom. The zero-order valence-electron chi connectivity index (χ0n) is 12.9. The van der Waals surface area contributed by atoms with Crippen molar-refractivity contribution in [2.24, 2.45) is 0 Å². The molecule has 6 nitrogen and oxygen atoms in total. The lowest BCUT2D eigenvalue weighted by Crippen LogP contribution is -2.23. The van der Waals surface area contributed by atoms with Gasteiger partial charge in [0.2, 0.25) is 5.91 Å². The Labute approximate surface area is 135 Å². The average molecular weight is 315 g/mol. The van der Waals surface area contributed by atoms with Crippen molar-refractivity contribution in [2.75, 3.05) is 17.6 Å². The zero-order valence-corrected chi connectivity index (χ0v) is 12.9. The van der Waals surface area contributed by atoms with Gasteiger partial charge in [-0.05, 0) is 31.0 Å². The minimum absolute atomic E-state index is 0.0506. The van der Waals surface area contributed by atoms with E-state index in [1.165, 1.54) is 12.5 Å². The number of carbonyl (C=O) groups is 2. The molecule has 0 atom stereocenters. The van der Waals surface area contributed by atoms with Gasteiger partial charge in [-0.25, -0.2) is 0 Å². The number of rotatable bonds is 8. The Hall–Kier alpha value is -2.76. The summed E-state index contributed by atoms with van der Waals surface area (Å²) < 4.78 is 4.85. The van der Waals surface area contributed by atoms with Crippen LogP contribution in [-0.4, -0.2) is 18.4 Å². The van der Waals surface area contributed by atoms with Crippen LogP contribution in [0.2, 0.25) is 0 Å². The van der Waals surface area contributed by atoms with E-state index >= 15 is 0 Å². The molecule has 0 aliphatic carbocycles. The number of hydrogen-bond donors (Lipinski definition) is 3. The van der Waals surface area contributed by atoms with Crippen LogP contribution in [0, 0.1) is 0 Å². The van der Waals surface area contributed by atoms with Crippen LogP contribution in [0.1, 0.15) is 36.0 Å². The van der Waals surface area contributed by atoms with Crippen molar-refractivity contribution in [1.82, 2.24) is 5.32 Å². The average Bonchev–Trinajstić information content (AvgIpc) is 3.07. The van der Waals surface area contributed by atoms with Crippen LogP contribution in [-0.2, 0) is 4.79 Å². The van der Waals surface area contributed by atoms with Gasteiger partial charge in [-0.15, -0.1) is 0 Å². The second-order valence-corrected chi connectivity index (χ2v) is 5.21. The minimum Gasteiger partial charge on any atom is -0.472 e. The summed E-state index contributed by atoms with van der Waals surface area (Å²) in [6.07, 6.45) is 5.76. The van der Waals surface area contributed by atoms with Gasteiger partial charge in [0.25, 0.3) is 5.91 Å². The molecule has 0 aliphatic heterocycles. The molecule has 4 N–H and O–H groups in total. The van der Waals surface area contributed by atoms with Crippen LogP contribution in [0.5, 0.6) is 0 Å². The van der Waals surface area contributed by atoms with Gasteiger partial charge >= 0.3 is 0 Å². The SMILES string of the molecule is Nc1ccccc1NC(=O)CCCCCNC(=O)c1ccoc1. The number of benzene rings is 1. The summed E-state index contributed by atoms with van der Waals surface area (Å²) in [5.41, 5.74) is 7.49. The largest absolute Gasteiger partial charge is 0.472 e. The van der Waals surface area contributed by atoms with Crippen molar-refractivity contribution < 1.29 is 14.0 Å². The highest BCUT2D eigenvalue weighted by Crippen LogP contribution is 2.17. The second-order valence-electron chi connectivity index (χ2n) is 5.21. The number of anilines is 2. The Balaban J connectivity index is 1.56. The molecule has 0 fully saturated rings. The molecule has 0 radical (unpaired) electrons. The minimum atomic E-state index is -0.143. The standard InChI is InChI=1S/C17H21N3O3/c18-14-6-3-4-7-15(14)20-16(21)8-2-1-5-10-19-17(22)13-9-11-23-12-13/h3-4,6-7,9,11-12H,1-2,5,8,10,18H2,(H,19,22)(H,20,21). The first kappa shape index (κ1) is 16.6. The van der Waals surface area contributed by atoms with E-state index in [0.717, 1.165) is 19.3 Å². The van der Waals surface area contributed by atoms with Crippen LogP contribution in [0.3, 0.4) is 0 Å². The summed E-state index contributed by atoms with van der Waals surface area (Å²) in [7, 11) is 0. The molecule has 0 spiro atoms. The number of hydrogen-bond acceptors (Lipinski definition) is 4. The quantitative estimate of drug-likeness (QED) is 0.515. The van der Waals surface area contributed by atoms with Gasteiger partial charge in [-0.2, -0.15) is 0 Å². The molecule has 1 aromatic carbocycles. The third kappa shape index (κ3) is 5.50. The fourth-order valence-electron chi connectivity index (χ4n) is 2.11. The smallest absolute Gasteiger partial charge is 0.254 e. The van der Waals surface area contributed by atoms with Crippen molar-refractivity contribution in [3.05, 3.63) is 48.4 Å². The van der Waals surface area contributed by atoms with E-state index in [0.29, 0.717) is 29.9 Å². The van der Waals surface area contributed by atoms with Crippen LogP contribution < -0.4 is 16.4 Å². The Morgan fingerprint density at radius 1 is 1.09 bits per heavy atom. The Kier molecular flexibility index (Phi) is 6.23. The molecule has 2 amide bonds. The highest BCUT2D eigenvalue weighted by atomic mass is 16.3. The molecule has 0 saturated heterocycles. The molecular formula is C17H21N3O3. The van der Waals surface area contributed by atoms with Crippen molar-refractivity contribution >= 4 is 23.2 Å². The van der Waals surface area contributed by atoms with E-state index < -0.39 is 0 Å². The molecule has 0 saturated carbocycles. The van der Waals surface area contributed by atoms with Crippen LogP contribution >= 0.6 is 0 Å². The predicted molar refractivity (Wildman–Crippen MR) is 89.0 cm³/mol. The maximum atomic E-state index is 11.8. The lowest BCUT2D eigenvalue weighted by Gasteiger charge is -2.08. The van der Waals surface area contributed by atoms with Gasteiger partial charge in [-0.3, -0.25) is 9.59 Å². The number of furan rings is 1. The summed E-state index contributed by atoms with van der Waals surface area (Å²) in [5, 5.41) is 5.60. The normalized spacial score (nSPS) is 10.3. The first-order valence-corrected chi connectivity index (χ1v) is 7.61. The van der Waals surface area contributed by atoms with Gasteiger partial charge < -0.3 is 20.8 Å². The van der Waals surface area contributed by atoms with Crippen LogP contribution in [0.4, 0.5) is 11.4 Å². The molecule has 2 aromatic rings. The summed E-state index contributed by atoms with van der Waals surface area (Å²) in [6, 6.07) is 8.80. The Morgan fingerprint density at radius 2 is 1.91 bits per heavy atom. The topological polar surface area (TPSA) is 97.4 Å². The van der Waals surface area contributed by atoms with Crippen LogP contribution in [0.15, 0.2) is 47.3 Å². The third-order valence-electron chi connectivity index (χ3n) is 3.38. The van der Waals surface area contributed by atoms with Gasteiger partial charge in [0.05, 0.1) is 23.2 Å². The number of unbranched alkanes of at least 4 members (excludes halogenated alkanes) is 2. The van der Waals surface area contributed by atoms with E-state index in [1.807, 2.05) is 12.1 Å². The second kappa shape index (κ2) is 8.63. The first-order valence-electron chi connectivity index (χ1n) is 7.61. The summed E-state index contributed by atoms with van der Waals surface area (Å²) in [4.78, 5) is 23.4. The molecule has 0 bridgehead atoms. The maximum absolute atomic E-state index is 11.8. The lowest BCUT2D eigenvalue weighted by atomic mass is 10.1. The number of nitrogens with two attached hydrogens (primary N) is 1. The highest BCUT2D eigenvalue weighted by molar-refractivity contribution is 5.94. The van der Waals surface area contributed by atoms with Crippen molar-refractivity contribution in [2.45, 2.75) is 25.7 Å². The van der Waals surface area contributed by atoms with E-state index in [2.05, 4.69) is 10.6 Å². The van der Waals surface area contributed by atoms with E-state index in [-0.39, 0.29) is 11.8 Å². The van der Waals surface area contributed by atoms with E-state index in [9.17, 15) is 9.59 Å². The summed E-state index contributed by atoms with van der Waals surface area (Å²) in [6.45, 7) is 0.581. The molecule has 122 valence electrons. The number of amides is 2. The van der Waals surface area contributed by atoms with Gasteiger partial charge in [0, 0.05) is 13.0 Å². The zero-order chi connectivity index (χ0) is 16.5. The van der Waals surface area contributed by atoms with Crippen LogP contribution in [0.25, 0.3) is 0 Å². The molecule has 0 aliphatic rings. The first-order chi connectivity index (χ1) is 11.2. The number of nitrogen functional groups attached to an aromatic ring is 1. The summed E-state index contributed by atoms with van der Waals surface area (Å²) in [5.74, 6) is -0.193. The molecule has 0 unspecified atom stereocenters. The van der Waals surface area contributed by atoms with E-state index in [1.54, 1.807) is 18.2 Å². The maximum Gasteiger partial charge on any atom is 0.254 e. The molecule has 1 aromatic heterocycles. The molecule has 2 rings (SSSR count). The van der Waals surface area contributed by atoms with Crippen molar-refractivity contribution in [3.8, 4) is 0 Å². The highest BCUT2D eigenvalue weighted by Gasteiger charge is 2.06. The van der Waals surface area contributed by atoms with Crippen molar-refractivity contribution in [1.29, 1.82) is 0 Å². The number of nitrogens with one attached hydrogen (secondary N) is 2. The molecular weight excluding hydrogens is 294 g/mol. The summed E-state index contributed by atoms with van der Waals surface area (Å²) >= 11 is 0. The number of para-hydroxylation sites is 2. The predicted octanol–water partition coefficient (Wildman–Crippen LogP) is 2.79. The fourth-order valence-corrected chi connectivity index (χ4v) is 2.11. The van der Waals surface area contributed by atoms with E-state index in [4.69, 9.17) is 10.2 Å². The third-order valence-corrected chi connectivity index (χ3v) is 3.38. The molecule has 23 heavy (non-hydrogen) atoms. The fraction of sp³-hybridized carbons (Fsp3) is 0.294. The Bertz CT molecular complexity index is 638. The van der Waals surface area contributed by atoms with Gasteiger partial charge in [-0.1, -0.05) is 18.6 Å². The van der Waals surface area contributed by atoms with Gasteiger partial charge in [0.1, 0.15) is 6.26 Å². The van der Waals surface area contributed by atoms with Crippen molar-refractivity contribution in [3.63, 3.8) is 0 Å². The molecule has 1 heterocycles. The molecule has 6 heteroatoms. The monoisotopic (exact) mass is 315 g/mol. The van der Waals surface area contributed by atoms with Gasteiger partial charge in [0.15, 0.2) is 0 Å². The lowest BCUT2D eigenvalue weighted by molar-refractivity contribution is -0.116.